The van der Waals surface area contributed by atoms with E-state index in [9.17, 15) is 13.2 Å². The first-order chi connectivity index (χ1) is 11.3. The molecule has 1 heterocycles. The van der Waals surface area contributed by atoms with Crippen LogP contribution in [0.5, 0.6) is 11.5 Å². The van der Waals surface area contributed by atoms with Crippen LogP contribution in [0, 0.1) is 0 Å². The van der Waals surface area contributed by atoms with E-state index in [0.717, 1.165) is 10.6 Å². The highest BCUT2D eigenvalue weighted by atomic mass is 32.2. The molecule has 0 radical (unpaired) electrons. The Morgan fingerprint density at radius 2 is 1.88 bits per heavy atom. The molecule has 1 amide bonds. The van der Waals surface area contributed by atoms with E-state index >= 15 is 0 Å². The Morgan fingerprint density at radius 3 is 2.62 bits per heavy atom. The molecular formula is C16H16N2O5S. The average molecular weight is 348 g/mol. The van der Waals surface area contributed by atoms with Crippen LogP contribution in [0.15, 0.2) is 42.5 Å². The largest absolute Gasteiger partial charge is 0.454 e. The van der Waals surface area contributed by atoms with Crippen LogP contribution in [0.2, 0.25) is 0 Å². The van der Waals surface area contributed by atoms with E-state index in [2.05, 4.69) is 5.32 Å². The lowest BCUT2D eigenvalue weighted by Gasteiger charge is -2.17. The summed E-state index contributed by atoms with van der Waals surface area (Å²) in [5.74, 6) is 0.848. The Bertz CT molecular complexity index is 895. The summed E-state index contributed by atoms with van der Waals surface area (Å²) in [7, 11) is -1.96. The average Bonchev–Trinajstić information content (AvgIpc) is 3.01. The Balaban J connectivity index is 1.80. The van der Waals surface area contributed by atoms with Crippen molar-refractivity contribution >= 4 is 27.3 Å². The Labute approximate surface area is 139 Å². The molecular weight excluding hydrogens is 332 g/mol. The fourth-order valence-corrected chi connectivity index (χ4v) is 2.71. The number of benzene rings is 2. The van der Waals surface area contributed by atoms with Gasteiger partial charge >= 0.3 is 0 Å². The van der Waals surface area contributed by atoms with Crippen molar-refractivity contribution in [3.8, 4) is 11.5 Å². The molecule has 0 atom stereocenters. The van der Waals surface area contributed by atoms with Gasteiger partial charge in [0.15, 0.2) is 11.5 Å². The van der Waals surface area contributed by atoms with E-state index in [-0.39, 0.29) is 12.7 Å². The van der Waals surface area contributed by atoms with E-state index in [1.54, 1.807) is 36.4 Å². The van der Waals surface area contributed by atoms with E-state index in [0.29, 0.717) is 28.4 Å². The summed E-state index contributed by atoms with van der Waals surface area (Å²) in [5, 5.41) is 2.75. The molecule has 0 fully saturated rings. The number of nitrogens with one attached hydrogen (secondary N) is 1. The molecule has 7 nitrogen and oxygen atoms in total. The van der Waals surface area contributed by atoms with Crippen LogP contribution in [0.1, 0.15) is 10.4 Å². The van der Waals surface area contributed by atoms with Crippen LogP contribution < -0.4 is 19.1 Å². The van der Waals surface area contributed by atoms with Crippen molar-refractivity contribution in [1.29, 1.82) is 0 Å². The summed E-state index contributed by atoms with van der Waals surface area (Å²) in [6.45, 7) is 0.159. The molecule has 0 saturated carbocycles. The summed E-state index contributed by atoms with van der Waals surface area (Å²) in [6, 6.07) is 11.5. The minimum absolute atomic E-state index is 0.159. The van der Waals surface area contributed by atoms with Gasteiger partial charge in [0.05, 0.1) is 11.9 Å². The van der Waals surface area contributed by atoms with Crippen LogP contribution in [-0.2, 0) is 10.0 Å². The van der Waals surface area contributed by atoms with Gasteiger partial charge in [-0.1, -0.05) is 6.07 Å². The van der Waals surface area contributed by atoms with Crippen molar-refractivity contribution in [3.05, 3.63) is 48.0 Å². The van der Waals surface area contributed by atoms with Crippen molar-refractivity contribution in [2.24, 2.45) is 0 Å². The number of sulfonamides is 1. The molecule has 0 saturated heterocycles. The second-order valence-corrected chi connectivity index (χ2v) is 7.32. The smallest absolute Gasteiger partial charge is 0.255 e. The number of ether oxygens (including phenoxy) is 2. The standard InChI is InChI=1S/C16H16N2O5S/c1-18(24(2,20)21)13-5-3-4-11(8-13)16(19)17-12-6-7-14-15(9-12)23-10-22-14/h3-9H,10H2,1-2H3,(H,17,19). The number of hydrogen-bond donors (Lipinski definition) is 1. The molecule has 0 spiro atoms. The number of amides is 1. The van der Waals surface area contributed by atoms with Gasteiger partial charge < -0.3 is 14.8 Å². The highest BCUT2D eigenvalue weighted by Crippen LogP contribution is 2.34. The second-order valence-electron chi connectivity index (χ2n) is 5.30. The maximum atomic E-state index is 12.4. The van der Waals surface area contributed by atoms with Crippen molar-refractivity contribution in [2.45, 2.75) is 0 Å². The second kappa shape index (κ2) is 6.04. The molecule has 24 heavy (non-hydrogen) atoms. The lowest BCUT2D eigenvalue weighted by molar-refractivity contribution is 0.102. The predicted octanol–water partition coefficient (Wildman–Crippen LogP) is 2.06. The van der Waals surface area contributed by atoms with Crippen LogP contribution in [-0.4, -0.2) is 34.4 Å². The molecule has 2 aromatic rings. The normalized spacial score (nSPS) is 12.8. The molecule has 8 heteroatoms. The molecule has 0 unspecified atom stereocenters. The number of nitrogens with zero attached hydrogens (tertiary/aromatic N) is 1. The first-order valence-electron chi connectivity index (χ1n) is 7.09. The van der Waals surface area contributed by atoms with Gasteiger partial charge in [-0.15, -0.1) is 0 Å². The first kappa shape index (κ1) is 16.1. The van der Waals surface area contributed by atoms with Gasteiger partial charge in [-0.05, 0) is 30.3 Å². The zero-order valence-corrected chi connectivity index (χ0v) is 14.0. The van der Waals surface area contributed by atoms with Gasteiger partial charge in [0, 0.05) is 24.4 Å². The molecule has 0 aliphatic carbocycles. The zero-order chi connectivity index (χ0) is 17.3. The van der Waals surface area contributed by atoms with Crippen molar-refractivity contribution in [1.82, 2.24) is 0 Å². The van der Waals surface area contributed by atoms with Crippen LogP contribution in [0.25, 0.3) is 0 Å². The maximum Gasteiger partial charge on any atom is 0.255 e. The summed E-state index contributed by atoms with van der Waals surface area (Å²) >= 11 is 0. The Hall–Kier alpha value is -2.74. The van der Waals surface area contributed by atoms with Gasteiger partial charge in [0.1, 0.15) is 0 Å². The quantitative estimate of drug-likeness (QED) is 0.914. The monoisotopic (exact) mass is 348 g/mol. The number of hydrogen-bond acceptors (Lipinski definition) is 5. The van der Waals surface area contributed by atoms with E-state index in [1.165, 1.54) is 13.1 Å². The minimum atomic E-state index is -3.39. The first-order valence-corrected chi connectivity index (χ1v) is 8.94. The topological polar surface area (TPSA) is 84.9 Å². The van der Waals surface area contributed by atoms with Crippen molar-refractivity contribution < 1.29 is 22.7 Å². The number of anilines is 2. The van der Waals surface area contributed by atoms with Crippen LogP contribution >= 0.6 is 0 Å². The highest BCUT2D eigenvalue weighted by molar-refractivity contribution is 7.92. The third-order valence-corrected chi connectivity index (χ3v) is 4.81. The number of carbonyl (C=O) groups is 1. The molecule has 1 N–H and O–H groups in total. The maximum absolute atomic E-state index is 12.4. The molecule has 1 aliphatic rings. The summed E-state index contributed by atoms with van der Waals surface area (Å²) in [4.78, 5) is 12.4. The van der Waals surface area contributed by atoms with E-state index < -0.39 is 10.0 Å². The molecule has 2 aromatic carbocycles. The van der Waals surface area contributed by atoms with Crippen LogP contribution in [0.3, 0.4) is 0 Å². The predicted molar refractivity (Wildman–Crippen MR) is 90.2 cm³/mol. The lowest BCUT2D eigenvalue weighted by Crippen LogP contribution is -2.25. The fraction of sp³-hybridized carbons (Fsp3) is 0.188. The summed E-state index contributed by atoms with van der Waals surface area (Å²) < 4.78 is 34.8. The van der Waals surface area contributed by atoms with Crippen molar-refractivity contribution in [2.75, 3.05) is 29.7 Å². The Morgan fingerprint density at radius 1 is 1.12 bits per heavy atom. The molecule has 1 aliphatic heterocycles. The van der Waals surface area contributed by atoms with Gasteiger partial charge in [-0.25, -0.2) is 8.42 Å². The van der Waals surface area contributed by atoms with Gasteiger partial charge in [-0.2, -0.15) is 0 Å². The fourth-order valence-electron chi connectivity index (χ4n) is 2.21. The highest BCUT2D eigenvalue weighted by Gasteiger charge is 2.16. The lowest BCUT2D eigenvalue weighted by atomic mass is 10.2. The molecule has 3 rings (SSSR count). The van der Waals surface area contributed by atoms with Crippen molar-refractivity contribution in [3.63, 3.8) is 0 Å². The van der Waals surface area contributed by atoms with Crippen LogP contribution in [0.4, 0.5) is 11.4 Å². The molecule has 0 bridgehead atoms. The SMILES string of the molecule is CN(c1cccc(C(=O)Nc2ccc3c(c2)OCO3)c1)S(C)(=O)=O. The number of carbonyl (C=O) groups excluding carboxylic acids is 1. The Kier molecular flexibility index (Phi) is 4.06. The number of rotatable bonds is 4. The minimum Gasteiger partial charge on any atom is -0.454 e. The zero-order valence-electron chi connectivity index (χ0n) is 13.1. The third kappa shape index (κ3) is 3.28. The summed E-state index contributed by atoms with van der Waals surface area (Å²) in [5.41, 5.74) is 1.32. The number of fused-ring (bicyclic) bond motifs is 1. The summed E-state index contributed by atoms with van der Waals surface area (Å²) in [6.07, 6.45) is 1.10. The molecule has 0 aromatic heterocycles. The van der Waals surface area contributed by atoms with Gasteiger partial charge in [-0.3, -0.25) is 9.10 Å². The molecule has 126 valence electrons. The van der Waals surface area contributed by atoms with Gasteiger partial charge in [0.2, 0.25) is 16.8 Å². The van der Waals surface area contributed by atoms with E-state index in [4.69, 9.17) is 9.47 Å². The van der Waals surface area contributed by atoms with Gasteiger partial charge in [0.25, 0.3) is 5.91 Å². The van der Waals surface area contributed by atoms with E-state index in [1.807, 2.05) is 0 Å². The third-order valence-electron chi connectivity index (χ3n) is 3.60.